The van der Waals surface area contributed by atoms with Crippen molar-refractivity contribution in [3.05, 3.63) is 92.4 Å². The van der Waals surface area contributed by atoms with E-state index in [1.165, 1.54) is 22.0 Å². The second kappa shape index (κ2) is 10.3. The molecule has 2 aliphatic rings. The molecular formula is C21H23FeNS+2. The van der Waals surface area contributed by atoms with Crippen molar-refractivity contribution < 1.29 is 17.1 Å². The maximum atomic E-state index is 2.34. The van der Waals surface area contributed by atoms with E-state index in [-0.39, 0.29) is 17.1 Å². The molecule has 2 saturated carbocycles. The Morgan fingerprint density at radius 2 is 1.62 bits per heavy atom. The minimum absolute atomic E-state index is 0. The van der Waals surface area contributed by atoms with Crippen LogP contribution in [-0.4, -0.2) is 25.0 Å². The Kier molecular flexibility index (Phi) is 8.70. The van der Waals surface area contributed by atoms with Crippen molar-refractivity contribution in [2.24, 2.45) is 0 Å². The van der Waals surface area contributed by atoms with Gasteiger partial charge in [0.2, 0.25) is 0 Å². The van der Waals surface area contributed by atoms with Gasteiger partial charge in [-0.05, 0) is 89.9 Å². The van der Waals surface area contributed by atoms with Gasteiger partial charge in [0, 0.05) is 22.1 Å². The fourth-order valence-corrected chi connectivity index (χ4v) is 3.99. The van der Waals surface area contributed by atoms with E-state index in [0.29, 0.717) is 6.04 Å². The van der Waals surface area contributed by atoms with Crippen molar-refractivity contribution in [1.82, 2.24) is 4.90 Å². The molecule has 10 radical (unpaired) electrons. The Labute approximate surface area is 163 Å². The van der Waals surface area contributed by atoms with Crippen molar-refractivity contribution >= 4 is 11.8 Å². The van der Waals surface area contributed by atoms with Crippen LogP contribution >= 0.6 is 11.8 Å². The molecule has 2 aliphatic carbocycles. The van der Waals surface area contributed by atoms with Crippen molar-refractivity contribution in [3.63, 3.8) is 0 Å². The van der Waals surface area contributed by atoms with Crippen LogP contribution < -0.4 is 0 Å². The van der Waals surface area contributed by atoms with Gasteiger partial charge >= 0.3 is 17.1 Å². The van der Waals surface area contributed by atoms with Crippen LogP contribution in [0.3, 0.4) is 0 Å². The van der Waals surface area contributed by atoms with Gasteiger partial charge in [-0.1, -0.05) is 18.2 Å². The van der Waals surface area contributed by atoms with E-state index in [0.717, 1.165) is 12.8 Å². The second-order valence-corrected chi connectivity index (χ2v) is 7.19. The fourth-order valence-electron chi connectivity index (χ4n) is 2.98. The van der Waals surface area contributed by atoms with Gasteiger partial charge < -0.3 is 4.90 Å². The Bertz CT molecular complexity index is 458. The maximum absolute atomic E-state index is 2.34. The van der Waals surface area contributed by atoms with Gasteiger partial charge in [-0.15, -0.1) is 11.8 Å². The van der Waals surface area contributed by atoms with Crippen LogP contribution in [0.5, 0.6) is 0 Å². The van der Waals surface area contributed by atoms with Crippen LogP contribution in [0, 0.1) is 62.0 Å². The summed E-state index contributed by atoms with van der Waals surface area (Å²) in [7, 11) is 4.36. The first-order valence-corrected chi connectivity index (χ1v) is 8.91. The van der Waals surface area contributed by atoms with Crippen molar-refractivity contribution in [1.29, 1.82) is 0 Å². The van der Waals surface area contributed by atoms with Gasteiger partial charge in [0.25, 0.3) is 0 Å². The SMILES string of the molecule is CN(C)[C@H](CC[C]1[CH][CH][CH][CH]1)[C]1[CH][CH][CH][C]1Sc1ccccc1.[Fe+2]. The zero-order chi connectivity index (χ0) is 16.1. The van der Waals surface area contributed by atoms with Crippen molar-refractivity contribution in [3.8, 4) is 0 Å². The zero-order valence-corrected chi connectivity index (χ0v) is 16.0. The summed E-state index contributed by atoms with van der Waals surface area (Å²) in [5.74, 6) is 2.87. The molecule has 3 rings (SSSR count). The molecule has 1 atom stereocenters. The van der Waals surface area contributed by atoms with E-state index >= 15 is 0 Å². The Hall–Kier alpha value is 0.0495. The quantitative estimate of drug-likeness (QED) is 0.638. The summed E-state index contributed by atoms with van der Waals surface area (Å²) >= 11 is 1.86. The number of nitrogens with zero attached hydrogens (tertiary/aromatic N) is 1. The number of benzene rings is 1. The summed E-state index contributed by atoms with van der Waals surface area (Å²) in [5, 5.41) is 1.37. The van der Waals surface area contributed by atoms with E-state index in [1.54, 1.807) is 0 Å². The van der Waals surface area contributed by atoms with Crippen molar-refractivity contribution in [2.45, 2.75) is 23.8 Å². The molecule has 2 fully saturated rings. The zero-order valence-electron chi connectivity index (χ0n) is 14.1. The third-order valence-electron chi connectivity index (χ3n) is 4.20. The molecular weight excluding hydrogens is 354 g/mol. The molecule has 1 aromatic rings. The molecule has 1 aromatic carbocycles. The molecule has 0 bridgehead atoms. The molecule has 3 heteroatoms. The van der Waals surface area contributed by atoms with Crippen LogP contribution in [0.4, 0.5) is 0 Å². The monoisotopic (exact) mass is 377 g/mol. The maximum Gasteiger partial charge on any atom is 2.00 e. The van der Waals surface area contributed by atoms with Gasteiger partial charge in [0.15, 0.2) is 0 Å². The summed E-state index contributed by atoms with van der Waals surface area (Å²) < 4.78 is 0. The standard InChI is InChI=1S/C21H23NS.Fe/c1-22(2)20(16-15-17-9-6-7-10-17)19-13-8-14-21(19)23-18-11-4-3-5-12-18;/h3-14,20H,15-16H2,1-2H3;/q;+2/t20-;/m1./s1. The summed E-state index contributed by atoms with van der Waals surface area (Å²) in [6.07, 6.45) is 17.7. The summed E-state index contributed by atoms with van der Waals surface area (Å²) in [4.78, 5) is 3.64. The van der Waals surface area contributed by atoms with Gasteiger partial charge in [0.1, 0.15) is 0 Å². The molecule has 0 unspecified atom stereocenters. The van der Waals surface area contributed by atoms with Crippen LogP contribution in [0.2, 0.25) is 0 Å². The first kappa shape index (κ1) is 20.4. The molecule has 1 nitrogen and oxygen atoms in total. The van der Waals surface area contributed by atoms with Crippen LogP contribution in [-0.2, 0) is 17.1 Å². The van der Waals surface area contributed by atoms with Crippen molar-refractivity contribution in [2.75, 3.05) is 14.1 Å². The molecule has 0 saturated heterocycles. The summed E-state index contributed by atoms with van der Waals surface area (Å²) in [6, 6.07) is 11.1. The predicted octanol–water partition coefficient (Wildman–Crippen LogP) is 4.62. The Balaban J connectivity index is 0.00000208. The van der Waals surface area contributed by atoms with Gasteiger partial charge in [-0.3, -0.25) is 0 Å². The molecule has 0 amide bonds. The van der Waals surface area contributed by atoms with Gasteiger partial charge in [-0.25, -0.2) is 0 Å². The van der Waals surface area contributed by atoms with E-state index in [1.807, 2.05) is 11.8 Å². The largest absolute Gasteiger partial charge is 2.00 e. The number of hydrogen-bond acceptors (Lipinski definition) is 2. The van der Waals surface area contributed by atoms with E-state index in [2.05, 4.69) is 94.3 Å². The molecule has 0 aliphatic heterocycles. The molecule has 0 heterocycles. The average molecular weight is 377 g/mol. The topological polar surface area (TPSA) is 3.24 Å². The van der Waals surface area contributed by atoms with Gasteiger partial charge in [0.05, 0.1) is 0 Å². The van der Waals surface area contributed by atoms with Crippen LogP contribution in [0.1, 0.15) is 12.8 Å². The normalized spacial score (nSPS) is 21.3. The smallest absolute Gasteiger partial charge is 0.306 e. The number of hydrogen-bond donors (Lipinski definition) is 0. The Morgan fingerprint density at radius 1 is 0.917 bits per heavy atom. The summed E-state index contributed by atoms with van der Waals surface area (Å²) in [5.41, 5.74) is 0. The summed E-state index contributed by atoms with van der Waals surface area (Å²) in [6.45, 7) is 0. The predicted molar refractivity (Wildman–Crippen MR) is 98.8 cm³/mol. The Morgan fingerprint density at radius 3 is 2.29 bits per heavy atom. The number of rotatable bonds is 7. The molecule has 124 valence electrons. The average Bonchev–Trinajstić information content (AvgIpc) is 3.21. The van der Waals surface area contributed by atoms with E-state index in [9.17, 15) is 0 Å². The van der Waals surface area contributed by atoms with Gasteiger partial charge in [-0.2, -0.15) is 0 Å². The number of thioether (sulfide) groups is 1. The van der Waals surface area contributed by atoms with Crippen LogP contribution in [0.15, 0.2) is 35.2 Å². The molecule has 0 spiro atoms. The first-order chi connectivity index (χ1) is 11.2. The van der Waals surface area contributed by atoms with E-state index in [4.69, 9.17) is 0 Å². The molecule has 0 N–H and O–H groups in total. The first-order valence-electron chi connectivity index (χ1n) is 8.09. The second-order valence-electron chi connectivity index (χ2n) is 6.07. The van der Waals surface area contributed by atoms with E-state index < -0.39 is 0 Å². The molecule has 24 heavy (non-hydrogen) atoms. The third-order valence-corrected chi connectivity index (χ3v) is 5.30. The van der Waals surface area contributed by atoms with Crippen LogP contribution in [0.25, 0.3) is 0 Å². The minimum atomic E-state index is 0. The minimum Gasteiger partial charge on any atom is -0.306 e. The molecule has 0 aromatic heterocycles. The fraction of sp³-hybridized carbons (Fsp3) is 0.238. The third kappa shape index (κ3) is 5.53.